The third kappa shape index (κ3) is 1.26. The molecule has 0 aliphatic heterocycles. The van der Waals surface area contributed by atoms with E-state index >= 15 is 0 Å². The molecule has 0 atom stereocenters. The molecule has 0 aromatic carbocycles. The summed E-state index contributed by atoms with van der Waals surface area (Å²) < 4.78 is 2.90. The van der Waals surface area contributed by atoms with E-state index in [0.717, 1.165) is 0 Å². The highest BCUT2D eigenvalue weighted by molar-refractivity contribution is 5.40. The minimum Gasteiger partial charge on any atom is -0.267 e. The predicted molar refractivity (Wildman–Crippen MR) is 58.9 cm³/mol. The van der Waals surface area contributed by atoms with Crippen LogP contribution in [-0.4, -0.2) is 34.4 Å². The number of rotatable bonds is 0. The Hall–Kier alpha value is -2.25. The number of hydrogen-bond acceptors (Lipinski definition) is 5. The van der Waals surface area contributed by atoms with Gasteiger partial charge in [-0.25, -0.2) is 8.92 Å². The van der Waals surface area contributed by atoms with Crippen LogP contribution in [0.5, 0.6) is 0 Å². The highest BCUT2D eigenvalue weighted by Gasteiger charge is 2.23. The van der Waals surface area contributed by atoms with Crippen molar-refractivity contribution in [1.82, 2.24) is 34.4 Å². The highest BCUT2D eigenvalue weighted by atomic mass is 16.1. The minimum absolute atomic E-state index is 0.221. The quantitative estimate of drug-likeness (QED) is 0.578. The zero-order valence-electron chi connectivity index (χ0n) is 9.67. The van der Waals surface area contributed by atoms with E-state index in [-0.39, 0.29) is 11.0 Å². The van der Waals surface area contributed by atoms with Gasteiger partial charge >= 0.3 is 0 Å². The van der Waals surface area contributed by atoms with Crippen molar-refractivity contribution >= 4 is 11.6 Å². The van der Waals surface area contributed by atoms with Crippen LogP contribution in [0.15, 0.2) is 11.1 Å². The monoisotopic (exact) mass is 233 g/mol. The largest absolute Gasteiger partial charge is 0.284 e. The Morgan fingerprint density at radius 2 is 2.00 bits per heavy atom. The lowest BCUT2D eigenvalue weighted by atomic mass is 9.93. The first-order valence-electron chi connectivity index (χ1n) is 5.16. The first kappa shape index (κ1) is 9.94. The molecule has 3 heterocycles. The van der Waals surface area contributed by atoms with Crippen molar-refractivity contribution in [1.29, 1.82) is 0 Å². The summed E-state index contributed by atoms with van der Waals surface area (Å²) in [4.78, 5) is 12.3. The van der Waals surface area contributed by atoms with E-state index in [4.69, 9.17) is 0 Å². The third-order valence-corrected chi connectivity index (χ3v) is 2.52. The van der Waals surface area contributed by atoms with Crippen LogP contribution >= 0.6 is 0 Å². The first-order chi connectivity index (χ1) is 7.98. The molecule has 3 aromatic rings. The van der Waals surface area contributed by atoms with Gasteiger partial charge in [-0.2, -0.15) is 0 Å². The lowest BCUT2D eigenvalue weighted by Crippen LogP contribution is -2.30. The SMILES string of the molecule is CC(C)(C)c1nnc2[nH]n3cnnc3n2c1=O. The maximum absolute atomic E-state index is 12.3. The molecular weight excluding hydrogens is 222 g/mol. The van der Waals surface area contributed by atoms with E-state index in [1.807, 2.05) is 20.8 Å². The molecule has 17 heavy (non-hydrogen) atoms. The molecule has 0 saturated carbocycles. The van der Waals surface area contributed by atoms with Crippen LogP contribution in [0.4, 0.5) is 0 Å². The lowest BCUT2D eigenvalue weighted by Gasteiger charge is -2.14. The predicted octanol–water partition coefficient (Wildman–Crippen LogP) is -0.242. The van der Waals surface area contributed by atoms with Gasteiger partial charge < -0.3 is 0 Å². The van der Waals surface area contributed by atoms with Gasteiger partial charge in [0.25, 0.3) is 17.1 Å². The average molecular weight is 233 g/mol. The van der Waals surface area contributed by atoms with Crippen molar-refractivity contribution in [2.75, 3.05) is 0 Å². The van der Waals surface area contributed by atoms with Crippen molar-refractivity contribution in [2.45, 2.75) is 26.2 Å². The molecule has 0 bridgehead atoms. The lowest BCUT2D eigenvalue weighted by molar-refractivity contribution is 0.546. The number of H-pyrrole nitrogens is 1. The maximum Gasteiger partial charge on any atom is 0.284 e. The number of aromatic nitrogens is 7. The summed E-state index contributed by atoms with van der Waals surface area (Å²) >= 11 is 0. The molecule has 3 rings (SSSR count). The molecule has 3 aromatic heterocycles. The number of nitrogens with zero attached hydrogens (tertiary/aromatic N) is 6. The molecule has 8 heteroatoms. The van der Waals surface area contributed by atoms with E-state index in [1.165, 1.54) is 15.2 Å². The number of nitrogens with one attached hydrogen (secondary N) is 1. The molecule has 1 N–H and O–H groups in total. The van der Waals surface area contributed by atoms with Gasteiger partial charge in [-0.1, -0.05) is 20.8 Å². The maximum atomic E-state index is 12.3. The summed E-state index contributed by atoms with van der Waals surface area (Å²) in [5.41, 5.74) is -0.180. The van der Waals surface area contributed by atoms with E-state index in [9.17, 15) is 4.79 Å². The molecule has 0 saturated heterocycles. The average Bonchev–Trinajstić information content (AvgIpc) is 2.74. The Balaban J connectivity index is 2.51. The Kier molecular flexibility index (Phi) is 1.70. The zero-order valence-corrected chi connectivity index (χ0v) is 9.67. The van der Waals surface area contributed by atoms with Crippen molar-refractivity contribution in [3.63, 3.8) is 0 Å². The third-order valence-electron chi connectivity index (χ3n) is 2.52. The summed E-state index contributed by atoms with van der Waals surface area (Å²) in [5.74, 6) is 0.762. The van der Waals surface area contributed by atoms with Gasteiger partial charge in [0.2, 0.25) is 0 Å². The van der Waals surface area contributed by atoms with Crippen LogP contribution in [-0.2, 0) is 5.41 Å². The zero-order chi connectivity index (χ0) is 12.2. The van der Waals surface area contributed by atoms with Crippen LogP contribution in [0.25, 0.3) is 11.6 Å². The van der Waals surface area contributed by atoms with Gasteiger partial charge in [-0.3, -0.25) is 9.89 Å². The van der Waals surface area contributed by atoms with Gasteiger partial charge in [0, 0.05) is 5.41 Å². The standard InChI is InChI=1S/C9H11N7O/c1-9(2,3)5-6(17)16-7(12-11-5)14-15-4-10-13-8(15)16/h4H,1-3H3,(H,12,14). The fourth-order valence-corrected chi connectivity index (χ4v) is 1.68. The minimum atomic E-state index is -0.362. The summed E-state index contributed by atoms with van der Waals surface area (Å²) in [5, 5.41) is 18.4. The van der Waals surface area contributed by atoms with Gasteiger partial charge in [0.1, 0.15) is 12.0 Å². The number of hydrogen-bond donors (Lipinski definition) is 1. The number of aromatic amines is 1. The molecule has 0 aliphatic rings. The molecule has 0 radical (unpaired) electrons. The Bertz CT molecular complexity index is 757. The normalized spacial score (nSPS) is 12.6. The van der Waals surface area contributed by atoms with Crippen LogP contribution in [0.2, 0.25) is 0 Å². The van der Waals surface area contributed by atoms with E-state index in [2.05, 4.69) is 25.5 Å². The van der Waals surface area contributed by atoms with Crippen molar-refractivity contribution < 1.29 is 0 Å². The smallest absolute Gasteiger partial charge is 0.267 e. The molecule has 0 spiro atoms. The first-order valence-corrected chi connectivity index (χ1v) is 5.16. The number of fused-ring (bicyclic) bond motifs is 3. The topological polar surface area (TPSA) is 93.2 Å². The van der Waals surface area contributed by atoms with Crippen molar-refractivity contribution in [3.8, 4) is 0 Å². The molecular formula is C9H11N7O. The summed E-state index contributed by atoms with van der Waals surface area (Å²) in [6.07, 6.45) is 1.47. The summed E-state index contributed by atoms with van der Waals surface area (Å²) in [6, 6.07) is 0. The van der Waals surface area contributed by atoms with Gasteiger partial charge in [0.15, 0.2) is 0 Å². The Labute approximate surface area is 95.3 Å². The molecule has 0 aliphatic carbocycles. The fourth-order valence-electron chi connectivity index (χ4n) is 1.68. The van der Waals surface area contributed by atoms with E-state index < -0.39 is 0 Å². The van der Waals surface area contributed by atoms with Crippen LogP contribution in [0.3, 0.4) is 0 Å². The molecule has 0 amide bonds. The van der Waals surface area contributed by atoms with Gasteiger partial charge in [-0.05, 0) is 0 Å². The van der Waals surface area contributed by atoms with Gasteiger partial charge in [-0.15, -0.1) is 20.4 Å². The fraction of sp³-hybridized carbons (Fsp3) is 0.444. The Morgan fingerprint density at radius 3 is 2.71 bits per heavy atom. The summed E-state index contributed by atoms with van der Waals surface area (Å²) in [7, 11) is 0. The van der Waals surface area contributed by atoms with Crippen LogP contribution in [0.1, 0.15) is 26.5 Å². The van der Waals surface area contributed by atoms with Crippen molar-refractivity contribution in [3.05, 3.63) is 22.4 Å². The van der Waals surface area contributed by atoms with E-state index in [0.29, 0.717) is 17.2 Å². The van der Waals surface area contributed by atoms with Crippen molar-refractivity contribution in [2.24, 2.45) is 0 Å². The Morgan fingerprint density at radius 1 is 1.24 bits per heavy atom. The van der Waals surface area contributed by atoms with E-state index in [1.54, 1.807) is 0 Å². The molecule has 0 unspecified atom stereocenters. The second kappa shape index (κ2) is 2.90. The van der Waals surface area contributed by atoms with Crippen LogP contribution < -0.4 is 5.56 Å². The molecule has 8 nitrogen and oxygen atoms in total. The molecule has 88 valence electrons. The highest BCUT2D eigenvalue weighted by Crippen LogP contribution is 2.15. The second-order valence-electron chi connectivity index (χ2n) is 4.88. The molecule has 0 fully saturated rings. The van der Waals surface area contributed by atoms with Crippen LogP contribution in [0, 0.1) is 0 Å². The second-order valence-corrected chi connectivity index (χ2v) is 4.88. The summed E-state index contributed by atoms with van der Waals surface area (Å²) in [6.45, 7) is 5.75. The van der Waals surface area contributed by atoms with Gasteiger partial charge in [0.05, 0.1) is 0 Å².